The summed E-state index contributed by atoms with van der Waals surface area (Å²) in [5.74, 6) is 1.48. The molecule has 6 aromatic carbocycles. The molecule has 0 radical (unpaired) electrons. The van der Waals surface area contributed by atoms with E-state index >= 15 is 0 Å². The summed E-state index contributed by atoms with van der Waals surface area (Å²) in [5.41, 5.74) is 1.09. The first-order valence-electron chi connectivity index (χ1n) is 17.5. The third-order valence-electron chi connectivity index (χ3n) is 9.68. The lowest BCUT2D eigenvalue weighted by molar-refractivity contribution is -0.159. The van der Waals surface area contributed by atoms with Crippen molar-refractivity contribution in [3.63, 3.8) is 0 Å². The van der Waals surface area contributed by atoms with Crippen molar-refractivity contribution in [1.82, 2.24) is 0 Å². The molecule has 6 aromatic rings. The second-order valence-corrected chi connectivity index (χ2v) is 12.9. The maximum Gasteiger partial charge on any atom is 0.351 e. The van der Waals surface area contributed by atoms with Crippen molar-refractivity contribution in [2.45, 2.75) is 29.8 Å². The fourth-order valence-electron chi connectivity index (χ4n) is 6.97. The van der Waals surface area contributed by atoms with E-state index < -0.39 is 28.9 Å². The average Bonchev–Trinajstić information content (AvgIpc) is 3.87. The van der Waals surface area contributed by atoms with E-state index in [-0.39, 0.29) is 19.8 Å². The van der Waals surface area contributed by atoms with Crippen LogP contribution in [0.3, 0.4) is 0 Å². The number of para-hydroxylation sites is 3. The number of fused-ring (bicyclic) bond motifs is 3. The predicted octanol–water partition coefficient (Wildman–Crippen LogP) is 6.88. The molecule has 3 N–H and O–H groups in total. The Morgan fingerprint density at radius 2 is 0.925 bits per heavy atom. The van der Waals surface area contributed by atoms with Gasteiger partial charge >= 0.3 is 5.97 Å². The van der Waals surface area contributed by atoms with Crippen molar-refractivity contribution in [1.29, 1.82) is 0 Å². The first kappa shape index (κ1) is 35.5. The van der Waals surface area contributed by atoms with Gasteiger partial charge in [0.15, 0.2) is 16.8 Å². The molecule has 3 heterocycles. The molecule has 0 bridgehead atoms. The molecule has 4 atom stereocenters. The van der Waals surface area contributed by atoms with Crippen LogP contribution in [-0.4, -0.2) is 47.2 Å². The molecule has 0 aliphatic carbocycles. The number of carbonyl (C=O) groups is 1. The van der Waals surface area contributed by atoms with Crippen molar-refractivity contribution in [3.8, 4) is 17.2 Å². The molecule has 8 heteroatoms. The van der Waals surface area contributed by atoms with Crippen molar-refractivity contribution >= 4 is 5.97 Å². The van der Waals surface area contributed by atoms with Gasteiger partial charge < -0.3 is 34.3 Å². The molecule has 0 saturated carbocycles. The lowest BCUT2D eigenvalue weighted by atomic mass is 9.83. The van der Waals surface area contributed by atoms with Crippen molar-refractivity contribution < 1.29 is 39.1 Å². The number of aliphatic hydroxyl groups is 3. The first-order chi connectivity index (χ1) is 25.8. The second kappa shape index (κ2) is 15.0. The Labute approximate surface area is 308 Å². The Morgan fingerprint density at radius 3 is 1.38 bits per heavy atom. The van der Waals surface area contributed by atoms with Crippen LogP contribution in [0.5, 0.6) is 17.2 Å². The van der Waals surface area contributed by atoms with Crippen LogP contribution in [0.25, 0.3) is 0 Å². The van der Waals surface area contributed by atoms with E-state index in [9.17, 15) is 20.1 Å². The minimum Gasteiger partial charge on any atom is -0.489 e. The van der Waals surface area contributed by atoms with Crippen LogP contribution in [0.1, 0.15) is 40.3 Å². The highest BCUT2D eigenvalue weighted by atomic mass is 16.6. The zero-order valence-corrected chi connectivity index (χ0v) is 29.2. The third kappa shape index (κ3) is 6.64. The summed E-state index contributed by atoms with van der Waals surface area (Å²) in [6, 6.07) is 50.7. The minimum atomic E-state index is -1.54. The minimum absolute atomic E-state index is 0.236. The van der Waals surface area contributed by atoms with Crippen LogP contribution in [0.4, 0.5) is 0 Å². The van der Waals surface area contributed by atoms with Gasteiger partial charge in [-0.05, 0) is 41.8 Å². The second-order valence-electron chi connectivity index (χ2n) is 12.9. The Bertz CT molecular complexity index is 2060. The standard InChI is InChI=1S/C17H16O4.2C14H12O2/c1-2-20-16(18)15-17(19,12-8-4-3-5-9-12)13-10-6-7-11-14(13)21-15;2*15-14(11-6-2-1-3-7-11)10-16-13-9-5-4-8-12(13)14/h3-11,15,19H,2H2,1H3;2*1-9,15H,10H2. The van der Waals surface area contributed by atoms with Crippen molar-refractivity contribution in [2.24, 2.45) is 0 Å². The fourth-order valence-corrected chi connectivity index (χ4v) is 6.97. The summed E-state index contributed by atoms with van der Waals surface area (Å²) in [4.78, 5) is 12.2. The SMILES string of the molecule is CCOC(=O)C1Oc2ccccc2C1(O)c1ccccc1.OC1(c2ccccc2)COc2ccccc21.OC1(c2ccccc2)COc2ccccc21. The molecule has 0 aromatic heterocycles. The number of hydrogen-bond donors (Lipinski definition) is 3. The zero-order valence-electron chi connectivity index (χ0n) is 29.2. The Kier molecular flexibility index (Phi) is 10.0. The van der Waals surface area contributed by atoms with Gasteiger partial charge in [0.1, 0.15) is 30.5 Å². The van der Waals surface area contributed by atoms with Gasteiger partial charge in [0, 0.05) is 16.7 Å². The van der Waals surface area contributed by atoms with Gasteiger partial charge in [-0.25, -0.2) is 4.79 Å². The molecular formula is C45H40O8. The third-order valence-corrected chi connectivity index (χ3v) is 9.68. The maximum absolute atomic E-state index is 12.2. The molecule has 4 unspecified atom stereocenters. The monoisotopic (exact) mass is 708 g/mol. The van der Waals surface area contributed by atoms with E-state index in [2.05, 4.69) is 0 Å². The van der Waals surface area contributed by atoms with Crippen LogP contribution >= 0.6 is 0 Å². The van der Waals surface area contributed by atoms with E-state index in [1.807, 2.05) is 133 Å². The highest BCUT2D eigenvalue weighted by Gasteiger charge is 2.53. The van der Waals surface area contributed by atoms with Crippen molar-refractivity contribution in [3.05, 3.63) is 197 Å². The highest BCUT2D eigenvalue weighted by molar-refractivity contribution is 5.80. The molecular weight excluding hydrogens is 668 g/mol. The summed E-state index contributed by atoms with van der Waals surface area (Å²) in [7, 11) is 0. The topological polar surface area (TPSA) is 115 Å². The number of benzene rings is 6. The summed E-state index contributed by atoms with van der Waals surface area (Å²) in [6.45, 7) is 2.54. The van der Waals surface area contributed by atoms with Gasteiger partial charge in [0.05, 0.1) is 6.61 Å². The van der Waals surface area contributed by atoms with E-state index in [0.29, 0.717) is 16.9 Å². The lowest BCUT2D eigenvalue weighted by Crippen LogP contribution is -2.45. The van der Waals surface area contributed by atoms with Gasteiger partial charge in [-0.2, -0.15) is 0 Å². The Balaban J connectivity index is 0.000000125. The van der Waals surface area contributed by atoms with Gasteiger partial charge in [0.2, 0.25) is 6.10 Å². The lowest BCUT2D eigenvalue weighted by Gasteiger charge is -2.28. The van der Waals surface area contributed by atoms with Gasteiger partial charge in [-0.3, -0.25) is 0 Å². The summed E-state index contributed by atoms with van der Waals surface area (Å²) in [5, 5.41) is 32.6. The molecule has 53 heavy (non-hydrogen) atoms. The fraction of sp³-hybridized carbons (Fsp3) is 0.178. The van der Waals surface area contributed by atoms with E-state index in [1.165, 1.54) is 0 Å². The first-order valence-corrected chi connectivity index (χ1v) is 17.5. The molecule has 3 aliphatic rings. The molecule has 9 rings (SSSR count). The molecule has 0 amide bonds. The van der Waals surface area contributed by atoms with Gasteiger partial charge in [-0.1, -0.05) is 146 Å². The number of esters is 1. The van der Waals surface area contributed by atoms with E-state index in [4.69, 9.17) is 18.9 Å². The number of hydrogen-bond acceptors (Lipinski definition) is 8. The molecule has 0 spiro atoms. The van der Waals surface area contributed by atoms with Crippen LogP contribution in [-0.2, 0) is 26.3 Å². The van der Waals surface area contributed by atoms with E-state index in [1.54, 1.807) is 37.3 Å². The summed E-state index contributed by atoms with van der Waals surface area (Å²) < 4.78 is 21.8. The number of ether oxygens (including phenoxy) is 4. The van der Waals surface area contributed by atoms with Gasteiger partial charge in [-0.15, -0.1) is 0 Å². The molecule has 3 aliphatic heterocycles. The molecule has 8 nitrogen and oxygen atoms in total. The Hall–Kier alpha value is -5.93. The van der Waals surface area contributed by atoms with E-state index in [0.717, 1.165) is 33.8 Å². The Morgan fingerprint density at radius 1 is 0.547 bits per heavy atom. The van der Waals surface area contributed by atoms with Crippen LogP contribution < -0.4 is 14.2 Å². The highest BCUT2D eigenvalue weighted by Crippen LogP contribution is 2.46. The van der Waals surface area contributed by atoms with Crippen LogP contribution in [0, 0.1) is 0 Å². The van der Waals surface area contributed by atoms with Crippen LogP contribution in [0.2, 0.25) is 0 Å². The number of carbonyl (C=O) groups excluding carboxylic acids is 1. The summed E-state index contributed by atoms with van der Waals surface area (Å²) >= 11 is 0. The molecule has 268 valence electrons. The van der Waals surface area contributed by atoms with Gasteiger partial charge in [0.25, 0.3) is 0 Å². The molecule has 0 saturated heterocycles. The van der Waals surface area contributed by atoms with Crippen LogP contribution in [0.15, 0.2) is 164 Å². The predicted molar refractivity (Wildman–Crippen MR) is 200 cm³/mol. The number of rotatable bonds is 5. The quantitative estimate of drug-likeness (QED) is 0.166. The normalized spacial score (nSPS) is 22.8. The largest absolute Gasteiger partial charge is 0.489 e. The zero-order chi connectivity index (χ0) is 36.9. The molecule has 0 fully saturated rings. The van der Waals surface area contributed by atoms with Crippen molar-refractivity contribution in [2.75, 3.05) is 19.8 Å². The summed E-state index contributed by atoms with van der Waals surface area (Å²) in [6.07, 6.45) is -1.10. The maximum atomic E-state index is 12.2. The smallest absolute Gasteiger partial charge is 0.351 e. The average molecular weight is 709 g/mol.